The number of aromatic nitrogens is 2. The quantitative estimate of drug-likeness (QED) is 0.444. The van der Waals surface area contributed by atoms with E-state index >= 15 is 0 Å². The van der Waals surface area contributed by atoms with E-state index in [1.54, 1.807) is 30.5 Å². The smallest absolute Gasteiger partial charge is 0.293 e. The lowest BCUT2D eigenvalue weighted by Crippen LogP contribution is -2.18. The maximum absolute atomic E-state index is 12.5. The first-order valence-electron chi connectivity index (χ1n) is 9.32. The molecule has 4 rings (SSSR count). The molecule has 2 amide bonds. The second-order valence-corrected chi connectivity index (χ2v) is 8.63. The highest BCUT2D eigenvalue weighted by atomic mass is 32.1. The minimum absolute atomic E-state index is 0.0782. The third kappa shape index (κ3) is 5.16. The van der Waals surface area contributed by atoms with Gasteiger partial charge in [-0.1, -0.05) is 6.07 Å². The number of carbonyl (C=O) groups excluding carboxylic acids is 2. The van der Waals surface area contributed by atoms with Crippen LogP contribution in [0.15, 0.2) is 63.3 Å². The number of anilines is 1. The van der Waals surface area contributed by atoms with Crippen LogP contribution in [-0.2, 0) is 17.9 Å². The van der Waals surface area contributed by atoms with Crippen LogP contribution in [0.5, 0.6) is 0 Å². The predicted octanol–water partition coefficient (Wildman–Crippen LogP) is 3.56. The van der Waals surface area contributed by atoms with E-state index in [0.717, 1.165) is 15.4 Å². The Morgan fingerprint density at radius 1 is 1.16 bits per heavy atom. The highest BCUT2D eigenvalue weighted by molar-refractivity contribution is 7.17. The van der Waals surface area contributed by atoms with Crippen molar-refractivity contribution in [1.82, 2.24) is 14.9 Å². The van der Waals surface area contributed by atoms with Gasteiger partial charge in [0.2, 0.25) is 5.91 Å². The fourth-order valence-electron chi connectivity index (χ4n) is 2.77. The molecule has 0 saturated heterocycles. The molecule has 31 heavy (non-hydrogen) atoms. The van der Waals surface area contributed by atoms with Crippen molar-refractivity contribution in [2.24, 2.45) is 0 Å². The van der Waals surface area contributed by atoms with E-state index in [1.165, 1.54) is 40.2 Å². The van der Waals surface area contributed by atoms with Gasteiger partial charge >= 0.3 is 0 Å². The summed E-state index contributed by atoms with van der Waals surface area (Å²) in [6.07, 6.45) is 1.66. The van der Waals surface area contributed by atoms with E-state index in [-0.39, 0.29) is 23.8 Å². The number of thiophene rings is 1. The lowest BCUT2D eigenvalue weighted by molar-refractivity contribution is -0.119. The number of rotatable bonds is 7. The average molecular weight is 455 g/mol. The van der Waals surface area contributed by atoms with Crippen LogP contribution in [0.1, 0.15) is 28.1 Å². The number of furan rings is 1. The Morgan fingerprint density at radius 3 is 2.84 bits per heavy atom. The minimum Gasteiger partial charge on any atom is -0.454 e. The van der Waals surface area contributed by atoms with Crippen LogP contribution < -0.4 is 16.2 Å². The molecule has 0 atom stereocenters. The maximum atomic E-state index is 12.5. The van der Waals surface area contributed by atoms with Gasteiger partial charge in [-0.05, 0) is 30.3 Å². The Kier molecular flexibility index (Phi) is 6.10. The Balaban J connectivity index is 1.39. The average Bonchev–Trinajstić information content (AvgIpc) is 3.49. The second-order valence-electron chi connectivity index (χ2n) is 6.60. The van der Waals surface area contributed by atoms with E-state index in [2.05, 4.69) is 15.6 Å². The monoisotopic (exact) mass is 454 g/mol. The van der Waals surface area contributed by atoms with E-state index in [0.29, 0.717) is 17.4 Å². The SMILES string of the molecule is CC(=O)NCc1ccc(-c2csc(NC(=O)c3ccc(Cn4ccccc4=O)o3)n2)s1. The largest absolute Gasteiger partial charge is 0.454 e. The zero-order valence-corrected chi connectivity index (χ0v) is 18.1. The molecular formula is C21H18N4O4S2. The molecule has 8 nitrogen and oxygen atoms in total. The summed E-state index contributed by atoms with van der Waals surface area (Å²) in [5.74, 6) is 0.156. The molecule has 0 aliphatic heterocycles. The number of amides is 2. The summed E-state index contributed by atoms with van der Waals surface area (Å²) in [6, 6.07) is 12.0. The van der Waals surface area contributed by atoms with E-state index in [1.807, 2.05) is 17.5 Å². The molecule has 0 aromatic carbocycles. The minimum atomic E-state index is -0.412. The van der Waals surface area contributed by atoms with E-state index < -0.39 is 5.91 Å². The topological polar surface area (TPSA) is 106 Å². The van der Waals surface area contributed by atoms with Crippen LogP contribution in [0.3, 0.4) is 0 Å². The van der Waals surface area contributed by atoms with Gasteiger partial charge in [0.1, 0.15) is 5.76 Å². The standard InChI is InChI=1S/C21H18N4O4S2/c1-13(26)22-10-15-6-8-18(31-15)16-12-30-21(23-16)24-20(28)17-7-5-14(29-17)11-25-9-3-2-4-19(25)27/h2-9,12H,10-11H2,1H3,(H,22,26)(H,23,24,28). The highest BCUT2D eigenvalue weighted by Gasteiger charge is 2.15. The molecule has 2 N–H and O–H groups in total. The van der Waals surface area contributed by atoms with Crippen molar-refractivity contribution in [2.45, 2.75) is 20.0 Å². The van der Waals surface area contributed by atoms with Crippen LogP contribution in [-0.4, -0.2) is 21.4 Å². The molecule has 4 aromatic heterocycles. The zero-order chi connectivity index (χ0) is 21.8. The third-order valence-electron chi connectivity index (χ3n) is 4.26. The predicted molar refractivity (Wildman–Crippen MR) is 119 cm³/mol. The van der Waals surface area contributed by atoms with E-state index in [9.17, 15) is 14.4 Å². The van der Waals surface area contributed by atoms with Crippen molar-refractivity contribution in [3.8, 4) is 10.6 Å². The molecule has 0 fully saturated rings. The molecule has 0 aliphatic rings. The number of hydrogen-bond acceptors (Lipinski definition) is 7. The highest BCUT2D eigenvalue weighted by Crippen LogP contribution is 2.31. The van der Waals surface area contributed by atoms with Crippen molar-refractivity contribution >= 4 is 39.6 Å². The van der Waals surface area contributed by atoms with Gasteiger partial charge in [-0.25, -0.2) is 4.98 Å². The summed E-state index contributed by atoms with van der Waals surface area (Å²) in [5, 5.41) is 7.81. The summed E-state index contributed by atoms with van der Waals surface area (Å²) >= 11 is 2.85. The van der Waals surface area contributed by atoms with Crippen molar-refractivity contribution in [1.29, 1.82) is 0 Å². The Bertz CT molecular complexity index is 1280. The molecule has 0 spiro atoms. The first-order valence-corrected chi connectivity index (χ1v) is 11.0. The van der Waals surface area contributed by atoms with Crippen molar-refractivity contribution < 1.29 is 14.0 Å². The first-order chi connectivity index (χ1) is 15.0. The maximum Gasteiger partial charge on any atom is 0.293 e. The Labute approximate surface area is 185 Å². The van der Waals surface area contributed by atoms with Crippen molar-refractivity contribution in [3.63, 3.8) is 0 Å². The van der Waals surface area contributed by atoms with Crippen molar-refractivity contribution in [3.05, 3.63) is 80.8 Å². The number of pyridine rings is 1. The van der Waals surface area contributed by atoms with Crippen LogP contribution in [0.25, 0.3) is 10.6 Å². The third-order valence-corrected chi connectivity index (χ3v) is 6.13. The molecule has 0 radical (unpaired) electrons. The number of nitrogens with zero attached hydrogens (tertiary/aromatic N) is 2. The summed E-state index contributed by atoms with van der Waals surface area (Å²) in [4.78, 5) is 41.8. The van der Waals surface area contributed by atoms with Gasteiger partial charge < -0.3 is 14.3 Å². The molecule has 4 aromatic rings. The van der Waals surface area contributed by atoms with Gasteiger partial charge in [0.05, 0.1) is 23.7 Å². The Hall–Kier alpha value is -3.50. The molecular weight excluding hydrogens is 436 g/mol. The molecule has 0 aliphatic carbocycles. The molecule has 0 bridgehead atoms. The van der Waals surface area contributed by atoms with Crippen LogP contribution in [0, 0.1) is 0 Å². The lowest BCUT2D eigenvalue weighted by Gasteiger charge is -2.02. The van der Waals surface area contributed by atoms with Crippen LogP contribution >= 0.6 is 22.7 Å². The van der Waals surface area contributed by atoms with E-state index in [4.69, 9.17) is 4.42 Å². The van der Waals surface area contributed by atoms with Crippen molar-refractivity contribution in [2.75, 3.05) is 5.32 Å². The summed E-state index contributed by atoms with van der Waals surface area (Å²) in [7, 11) is 0. The summed E-state index contributed by atoms with van der Waals surface area (Å²) in [6.45, 7) is 2.20. The Morgan fingerprint density at radius 2 is 2.03 bits per heavy atom. The number of thiazole rings is 1. The molecule has 158 valence electrons. The fraction of sp³-hybridized carbons (Fsp3) is 0.143. The molecule has 0 unspecified atom stereocenters. The zero-order valence-electron chi connectivity index (χ0n) is 16.5. The van der Waals surface area contributed by atoms with Gasteiger partial charge in [0.25, 0.3) is 11.5 Å². The van der Waals surface area contributed by atoms with Gasteiger partial charge in [0, 0.05) is 29.4 Å². The normalized spacial score (nSPS) is 10.7. The summed E-state index contributed by atoms with van der Waals surface area (Å²) in [5.41, 5.74) is 0.608. The molecule has 10 heteroatoms. The van der Waals surface area contributed by atoms with Gasteiger partial charge in [-0.2, -0.15) is 0 Å². The lowest BCUT2D eigenvalue weighted by atomic mass is 10.3. The molecule has 0 saturated carbocycles. The number of hydrogen-bond donors (Lipinski definition) is 2. The number of nitrogens with one attached hydrogen (secondary N) is 2. The molecule has 4 heterocycles. The van der Waals surface area contributed by atoms with Crippen LogP contribution in [0.4, 0.5) is 5.13 Å². The van der Waals surface area contributed by atoms with Gasteiger partial charge in [-0.15, -0.1) is 22.7 Å². The second kappa shape index (κ2) is 9.11. The van der Waals surface area contributed by atoms with Gasteiger partial charge in [0.15, 0.2) is 10.9 Å². The van der Waals surface area contributed by atoms with Crippen LogP contribution in [0.2, 0.25) is 0 Å². The summed E-state index contributed by atoms with van der Waals surface area (Å²) < 4.78 is 7.09. The first kappa shape index (κ1) is 20.8. The fourth-order valence-corrected chi connectivity index (χ4v) is 4.46. The van der Waals surface area contributed by atoms with Gasteiger partial charge in [-0.3, -0.25) is 19.7 Å². The number of carbonyl (C=O) groups is 2.